The van der Waals surface area contributed by atoms with E-state index in [1.807, 2.05) is 12.1 Å². The topological polar surface area (TPSA) is 88.1 Å². The number of carbonyl (C=O) groups excluding carboxylic acids is 1. The molecule has 4 fully saturated rings. The van der Waals surface area contributed by atoms with Crippen molar-refractivity contribution in [3.63, 3.8) is 0 Å². The van der Waals surface area contributed by atoms with Crippen LogP contribution >= 0.6 is 0 Å². The summed E-state index contributed by atoms with van der Waals surface area (Å²) in [7, 11) is 0. The predicted molar refractivity (Wildman–Crippen MR) is 117 cm³/mol. The van der Waals surface area contributed by atoms with Crippen LogP contribution in [0, 0.1) is 22.7 Å². The number of nitrogens with one attached hydrogen (secondary N) is 1. The lowest BCUT2D eigenvalue weighted by Crippen LogP contribution is -2.53. The Kier molecular flexibility index (Phi) is 6.34. The molecule has 2 bridgehead atoms. The van der Waals surface area contributed by atoms with Crippen LogP contribution in [-0.4, -0.2) is 25.1 Å². The van der Waals surface area contributed by atoms with Crippen LogP contribution in [0.3, 0.4) is 0 Å². The molecule has 0 radical (unpaired) electrons. The van der Waals surface area contributed by atoms with Gasteiger partial charge in [0.05, 0.1) is 18.3 Å². The predicted octanol–water partition coefficient (Wildman–Crippen LogP) is 4.28. The lowest BCUT2D eigenvalue weighted by atomic mass is 9.51. The maximum absolute atomic E-state index is 13.2. The first kappa shape index (κ1) is 21.8. The van der Waals surface area contributed by atoms with Crippen LogP contribution in [0.2, 0.25) is 0 Å². The highest BCUT2D eigenvalue weighted by molar-refractivity contribution is 5.83. The number of rotatable bonds is 7. The van der Waals surface area contributed by atoms with Crippen LogP contribution in [0.4, 0.5) is 4.39 Å². The molecular weight excluding hydrogens is 393 g/mol. The molecule has 0 heterocycles. The molecule has 5 rings (SSSR count). The number of hydrogen-bond acceptors (Lipinski definition) is 4. The summed E-state index contributed by atoms with van der Waals surface area (Å²) >= 11 is 0. The Hall–Kier alpha value is -2.39. The second kappa shape index (κ2) is 9.00. The van der Waals surface area contributed by atoms with Crippen molar-refractivity contribution in [1.29, 1.82) is 5.26 Å². The van der Waals surface area contributed by atoms with Crippen molar-refractivity contribution in [1.82, 2.24) is 5.32 Å². The highest BCUT2D eigenvalue weighted by atomic mass is 19.1. The van der Waals surface area contributed by atoms with Gasteiger partial charge in [0, 0.05) is 23.6 Å². The van der Waals surface area contributed by atoms with Crippen molar-refractivity contribution in [2.45, 2.75) is 69.2 Å². The SMILES string of the molecule is N#CC1CCCC1NC(=O)C12CCC(c3ccc(OCC(=CF)CN)cc3)(CC1)CC2. The smallest absolute Gasteiger partial charge is 0.226 e. The summed E-state index contributed by atoms with van der Waals surface area (Å²) in [6.45, 7) is 0.299. The number of carbonyl (C=O) groups is 1. The Morgan fingerprint density at radius 1 is 1.19 bits per heavy atom. The van der Waals surface area contributed by atoms with Crippen LogP contribution in [0.1, 0.15) is 63.4 Å². The molecule has 0 saturated heterocycles. The second-order valence-corrected chi connectivity index (χ2v) is 9.59. The monoisotopic (exact) mass is 425 g/mol. The van der Waals surface area contributed by atoms with Crippen molar-refractivity contribution >= 4 is 5.91 Å². The van der Waals surface area contributed by atoms with Crippen molar-refractivity contribution in [2.24, 2.45) is 17.1 Å². The average Bonchev–Trinajstić information content (AvgIpc) is 3.28. The first-order valence-electron chi connectivity index (χ1n) is 11.5. The highest BCUT2D eigenvalue weighted by Gasteiger charge is 2.53. The summed E-state index contributed by atoms with van der Waals surface area (Å²) in [4.78, 5) is 13.2. The van der Waals surface area contributed by atoms with Gasteiger partial charge in [-0.05, 0) is 80.9 Å². The van der Waals surface area contributed by atoms with Gasteiger partial charge in [-0.25, -0.2) is 4.39 Å². The Bertz CT molecular complexity index is 849. The number of fused-ring (bicyclic) bond motifs is 3. The van der Waals surface area contributed by atoms with Gasteiger partial charge in [0.2, 0.25) is 5.91 Å². The number of nitrogens with two attached hydrogens (primary N) is 1. The lowest BCUT2D eigenvalue weighted by Gasteiger charge is -2.53. The zero-order chi connectivity index (χ0) is 21.9. The minimum absolute atomic E-state index is 0.0278. The molecule has 0 spiro atoms. The van der Waals surface area contributed by atoms with E-state index in [2.05, 4.69) is 23.5 Å². The summed E-state index contributed by atoms with van der Waals surface area (Å²) in [5, 5.41) is 12.6. The van der Waals surface area contributed by atoms with Gasteiger partial charge >= 0.3 is 0 Å². The van der Waals surface area contributed by atoms with Crippen LogP contribution in [0.5, 0.6) is 5.75 Å². The quantitative estimate of drug-likeness (QED) is 0.683. The molecule has 166 valence electrons. The first-order valence-corrected chi connectivity index (χ1v) is 11.5. The van der Waals surface area contributed by atoms with Crippen molar-refractivity contribution in [3.05, 3.63) is 41.7 Å². The Morgan fingerprint density at radius 2 is 1.87 bits per heavy atom. The number of nitriles is 1. The third-order valence-corrected chi connectivity index (χ3v) is 8.03. The average molecular weight is 426 g/mol. The van der Waals surface area contributed by atoms with E-state index in [-0.39, 0.29) is 41.8 Å². The van der Waals surface area contributed by atoms with Gasteiger partial charge in [0.15, 0.2) is 0 Å². The van der Waals surface area contributed by atoms with E-state index in [0.29, 0.717) is 17.7 Å². The van der Waals surface area contributed by atoms with Gasteiger partial charge in [-0.15, -0.1) is 0 Å². The summed E-state index contributed by atoms with van der Waals surface area (Å²) in [5.74, 6) is 0.846. The van der Waals surface area contributed by atoms with Gasteiger partial charge in [-0.2, -0.15) is 5.26 Å². The van der Waals surface area contributed by atoms with Crippen LogP contribution in [0.15, 0.2) is 36.2 Å². The lowest BCUT2D eigenvalue weighted by molar-refractivity contribution is -0.138. The number of nitrogens with zero attached hydrogens (tertiary/aromatic N) is 1. The number of halogens is 1. The van der Waals surface area contributed by atoms with E-state index >= 15 is 0 Å². The molecule has 3 N–H and O–H groups in total. The van der Waals surface area contributed by atoms with Crippen LogP contribution < -0.4 is 15.8 Å². The summed E-state index contributed by atoms with van der Waals surface area (Å²) in [6.07, 6.45) is 9.09. The summed E-state index contributed by atoms with van der Waals surface area (Å²) < 4.78 is 18.3. The Morgan fingerprint density at radius 3 is 2.45 bits per heavy atom. The van der Waals surface area contributed by atoms with Gasteiger partial charge in [-0.1, -0.05) is 12.1 Å². The fraction of sp³-hybridized carbons (Fsp3) is 0.600. The maximum atomic E-state index is 13.2. The zero-order valence-electron chi connectivity index (χ0n) is 18.0. The van der Waals surface area contributed by atoms with E-state index in [0.717, 1.165) is 57.8 Å². The molecule has 1 aromatic carbocycles. The van der Waals surface area contributed by atoms with E-state index in [9.17, 15) is 14.4 Å². The van der Waals surface area contributed by atoms with Crippen LogP contribution in [-0.2, 0) is 10.2 Å². The number of amides is 1. The third-order valence-electron chi connectivity index (χ3n) is 8.03. The van der Waals surface area contributed by atoms with Gasteiger partial charge < -0.3 is 15.8 Å². The van der Waals surface area contributed by atoms with Crippen LogP contribution in [0.25, 0.3) is 0 Å². The van der Waals surface area contributed by atoms with Gasteiger partial charge in [-0.3, -0.25) is 4.79 Å². The molecule has 4 aliphatic rings. The molecule has 4 saturated carbocycles. The normalized spacial score (nSPS) is 32.5. The molecule has 6 heteroatoms. The largest absolute Gasteiger partial charge is 0.489 e. The number of ether oxygens (including phenoxy) is 1. The molecule has 2 unspecified atom stereocenters. The van der Waals surface area contributed by atoms with Gasteiger partial charge in [0.25, 0.3) is 0 Å². The second-order valence-electron chi connectivity index (χ2n) is 9.59. The number of hydrogen-bond donors (Lipinski definition) is 2. The minimum Gasteiger partial charge on any atom is -0.489 e. The summed E-state index contributed by atoms with van der Waals surface area (Å²) in [6, 6.07) is 10.5. The Labute approximate surface area is 183 Å². The Balaban J connectivity index is 1.37. The maximum Gasteiger partial charge on any atom is 0.226 e. The molecule has 31 heavy (non-hydrogen) atoms. The van der Waals surface area contributed by atoms with Crippen molar-refractivity contribution in [3.8, 4) is 11.8 Å². The third kappa shape index (κ3) is 4.21. The van der Waals surface area contributed by atoms with Crippen molar-refractivity contribution in [2.75, 3.05) is 13.2 Å². The molecule has 4 aliphatic carbocycles. The highest BCUT2D eigenvalue weighted by Crippen LogP contribution is 2.58. The molecule has 2 atom stereocenters. The molecule has 0 aliphatic heterocycles. The van der Waals surface area contributed by atoms with Crippen molar-refractivity contribution < 1.29 is 13.9 Å². The minimum atomic E-state index is -0.259. The first-order chi connectivity index (χ1) is 15.0. The fourth-order valence-corrected chi connectivity index (χ4v) is 5.78. The molecule has 1 aromatic rings. The fourth-order valence-electron chi connectivity index (χ4n) is 5.78. The zero-order valence-corrected chi connectivity index (χ0v) is 18.0. The standard InChI is InChI=1S/C25H32FN3O2/c26-14-18(15-27)17-31-21-6-4-20(5-7-21)24-8-11-25(12-9-24,13-10-24)23(30)29-22-3-1-2-19(22)16-28/h4-7,14,19,22H,1-3,8-13,15,17,27H2,(H,29,30). The molecule has 5 nitrogen and oxygen atoms in total. The molecule has 1 amide bonds. The van der Waals surface area contributed by atoms with E-state index in [1.54, 1.807) is 0 Å². The van der Waals surface area contributed by atoms with Gasteiger partial charge in [0.1, 0.15) is 12.4 Å². The molecule has 0 aromatic heterocycles. The van der Waals surface area contributed by atoms with E-state index in [4.69, 9.17) is 10.5 Å². The number of benzene rings is 1. The van der Waals surface area contributed by atoms with E-state index in [1.165, 1.54) is 5.56 Å². The van der Waals surface area contributed by atoms with E-state index < -0.39 is 0 Å². The summed E-state index contributed by atoms with van der Waals surface area (Å²) in [5.41, 5.74) is 7.07. The molecular formula is C25H32FN3O2.